The Balaban J connectivity index is 0. The zero-order valence-electron chi connectivity index (χ0n) is 8.43. The first-order valence-electron chi connectivity index (χ1n) is 3.67. The van der Waals surface area contributed by atoms with E-state index in [2.05, 4.69) is 16.1 Å². The largest absolute Gasteiger partial charge is 0.478 e. The molecule has 0 aromatic heterocycles. The Morgan fingerprint density at radius 1 is 1.07 bits per heavy atom. The van der Waals surface area contributed by atoms with Crippen molar-refractivity contribution in [2.24, 2.45) is 0 Å². The van der Waals surface area contributed by atoms with Gasteiger partial charge in [-0.25, -0.2) is 14.4 Å². The number of carboxylic acids is 1. The maximum Gasteiger partial charge on any atom is 0.330 e. The van der Waals surface area contributed by atoms with Crippen LogP contribution in [0, 0.1) is 0 Å². The molecule has 1 N–H and O–H groups in total. The van der Waals surface area contributed by atoms with Crippen LogP contribution in [0.2, 0.25) is 0 Å². The molecule has 0 radical (unpaired) electrons. The van der Waals surface area contributed by atoms with Gasteiger partial charge in [-0.05, 0) is 0 Å². The van der Waals surface area contributed by atoms with Crippen molar-refractivity contribution >= 4 is 17.9 Å². The third kappa shape index (κ3) is 14.7. The van der Waals surface area contributed by atoms with Crippen molar-refractivity contribution in [3.05, 3.63) is 24.8 Å². The van der Waals surface area contributed by atoms with Gasteiger partial charge < -0.3 is 14.6 Å². The second-order valence-electron chi connectivity index (χ2n) is 1.92. The van der Waals surface area contributed by atoms with E-state index in [9.17, 15) is 14.4 Å². The van der Waals surface area contributed by atoms with E-state index in [-0.39, 0.29) is 0 Å². The number of carboxylic acid groups (broad SMARTS) is 1. The Morgan fingerprint density at radius 2 is 1.33 bits per heavy atom. The highest BCUT2D eigenvalue weighted by Gasteiger charge is 1.94. The number of carbonyl (C=O) groups excluding carboxylic acids is 2. The number of esters is 2. The second kappa shape index (κ2) is 9.97. The number of aliphatic carboxylic acids is 1. The topological polar surface area (TPSA) is 89.9 Å². The minimum Gasteiger partial charge on any atom is -0.478 e. The van der Waals surface area contributed by atoms with E-state index < -0.39 is 17.9 Å². The first kappa shape index (κ1) is 15.4. The smallest absolute Gasteiger partial charge is 0.330 e. The molecule has 0 saturated carbocycles. The van der Waals surface area contributed by atoms with Crippen molar-refractivity contribution in [1.82, 2.24) is 0 Å². The highest BCUT2D eigenvalue weighted by atomic mass is 16.5. The van der Waals surface area contributed by atoms with E-state index in [0.717, 1.165) is 18.2 Å². The molecular formula is C9H12O6. The van der Waals surface area contributed by atoms with Gasteiger partial charge in [0.15, 0.2) is 0 Å². The first-order valence-corrected chi connectivity index (χ1v) is 3.67. The van der Waals surface area contributed by atoms with Crippen molar-refractivity contribution in [3.63, 3.8) is 0 Å². The zero-order valence-corrected chi connectivity index (χ0v) is 8.43. The lowest BCUT2D eigenvalue weighted by molar-refractivity contribution is -0.137. The molecule has 84 valence electrons. The van der Waals surface area contributed by atoms with E-state index in [1.807, 2.05) is 0 Å². The molecule has 0 unspecified atom stereocenters. The van der Waals surface area contributed by atoms with Gasteiger partial charge >= 0.3 is 17.9 Å². The molecule has 0 rings (SSSR count). The molecule has 0 amide bonds. The number of rotatable bonds is 3. The third-order valence-electron chi connectivity index (χ3n) is 0.932. The van der Waals surface area contributed by atoms with E-state index in [0.29, 0.717) is 0 Å². The third-order valence-corrected chi connectivity index (χ3v) is 0.932. The van der Waals surface area contributed by atoms with E-state index in [4.69, 9.17) is 5.11 Å². The van der Waals surface area contributed by atoms with Gasteiger partial charge in [0.2, 0.25) is 0 Å². The normalized spacial score (nSPS) is 8.40. The van der Waals surface area contributed by atoms with Crippen molar-refractivity contribution < 1.29 is 29.0 Å². The van der Waals surface area contributed by atoms with Crippen LogP contribution < -0.4 is 0 Å². The van der Waals surface area contributed by atoms with Gasteiger partial charge in [0.25, 0.3) is 0 Å². The van der Waals surface area contributed by atoms with Gasteiger partial charge in [-0.2, -0.15) is 0 Å². The average Bonchev–Trinajstić information content (AvgIpc) is 2.25. The summed E-state index contributed by atoms with van der Waals surface area (Å²) in [5.74, 6) is -2.14. The standard InChI is InChI=1S/C6H8O4.C3H4O2/c1-9-5(7)3-4-6(8)10-2;1-2-3(4)5/h3-4H,1-2H3;2H,1H2,(H,4,5)/b4-3-;. The average molecular weight is 216 g/mol. The number of carbonyl (C=O) groups is 3. The van der Waals surface area contributed by atoms with Crippen molar-refractivity contribution in [1.29, 1.82) is 0 Å². The summed E-state index contributed by atoms with van der Waals surface area (Å²) in [6, 6.07) is 0. The molecule has 0 aromatic rings. The van der Waals surface area contributed by atoms with Crippen molar-refractivity contribution in [2.45, 2.75) is 0 Å². The van der Waals surface area contributed by atoms with Crippen LogP contribution in [0.1, 0.15) is 0 Å². The molecule has 6 nitrogen and oxygen atoms in total. The molecule has 0 heterocycles. The Morgan fingerprint density at radius 3 is 1.47 bits per heavy atom. The van der Waals surface area contributed by atoms with Crippen molar-refractivity contribution in [2.75, 3.05) is 14.2 Å². The first-order chi connectivity index (χ1) is 6.97. The summed E-state index contributed by atoms with van der Waals surface area (Å²) in [6.45, 7) is 2.96. The van der Waals surface area contributed by atoms with Gasteiger partial charge in [0.1, 0.15) is 0 Å². The van der Waals surface area contributed by atoms with Crippen LogP contribution in [0.15, 0.2) is 24.8 Å². The van der Waals surface area contributed by atoms with Gasteiger partial charge in [-0.15, -0.1) is 0 Å². The molecule has 0 spiro atoms. The molecule has 0 aliphatic carbocycles. The van der Waals surface area contributed by atoms with Gasteiger partial charge in [-0.3, -0.25) is 0 Å². The molecule has 15 heavy (non-hydrogen) atoms. The lowest BCUT2D eigenvalue weighted by atomic mass is 10.5. The number of hydrogen-bond acceptors (Lipinski definition) is 5. The van der Waals surface area contributed by atoms with Gasteiger partial charge in [0.05, 0.1) is 14.2 Å². The van der Waals surface area contributed by atoms with Crippen LogP contribution in [0.4, 0.5) is 0 Å². The Hall–Kier alpha value is -2.11. The highest BCUT2D eigenvalue weighted by Crippen LogP contribution is 1.80. The number of ether oxygens (including phenoxy) is 2. The number of methoxy groups -OCH3 is 2. The number of hydrogen-bond donors (Lipinski definition) is 1. The zero-order chi connectivity index (χ0) is 12.3. The Labute approximate surface area is 86.8 Å². The van der Waals surface area contributed by atoms with Crippen LogP contribution in [0.5, 0.6) is 0 Å². The summed E-state index contributed by atoms with van der Waals surface area (Å²) in [5.41, 5.74) is 0. The molecule has 0 aromatic carbocycles. The quantitative estimate of drug-likeness (QED) is 0.533. The molecule has 0 bridgehead atoms. The van der Waals surface area contributed by atoms with Crippen LogP contribution in [0.3, 0.4) is 0 Å². The summed E-state index contributed by atoms with van der Waals surface area (Å²) in [7, 11) is 2.45. The molecule has 0 atom stereocenters. The van der Waals surface area contributed by atoms with Crippen molar-refractivity contribution in [3.8, 4) is 0 Å². The molecule has 6 heteroatoms. The predicted molar refractivity (Wildman–Crippen MR) is 51.0 cm³/mol. The Bertz CT molecular complexity index is 248. The molecule has 0 saturated heterocycles. The van der Waals surface area contributed by atoms with Crippen LogP contribution in [-0.2, 0) is 23.9 Å². The van der Waals surface area contributed by atoms with Gasteiger partial charge in [0, 0.05) is 18.2 Å². The minimum absolute atomic E-state index is 0.578. The van der Waals surface area contributed by atoms with E-state index in [1.54, 1.807) is 0 Å². The van der Waals surface area contributed by atoms with E-state index >= 15 is 0 Å². The lowest BCUT2D eigenvalue weighted by Crippen LogP contribution is -1.98. The minimum atomic E-state index is -0.981. The van der Waals surface area contributed by atoms with E-state index in [1.165, 1.54) is 14.2 Å². The summed E-state index contributed by atoms with van der Waals surface area (Å²) in [6.07, 6.45) is 2.82. The van der Waals surface area contributed by atoms with Gasteiger partial charge in [-0.1, -0.05) is 6.58 Å². The molecule has 0 aliphatic rings. The lowest BCUT2D eigenvalue weighted by Gasteiger charge is -1.89. The summed E-state index contributed by atoms with van der Waals surface area (Å²) in [4.78, 5) is 29.9. The summed E-state index contributed by atoms with van der Waals surface area (Å²) in [5, 5.41) is 7.60. The van der Waals surface area contributed by atoms with Crippen LogP contribution >= 0.6 is 0 Å². The predicted octanol–water partition coefficient (Wildman–Crippen LogP) is 0.146. The fourth-order valence-electron chi connectivity index (χ4n) is 0.272. The second-order valence-corrected chi connectivity index (χ2v) is 1.92. The maximum atomic E-state index is 10.3. The molecular weight excluding hydrogens is 204 g/mol. The fourth-order valence-corrected chi connectivity index (χ4v) is 0.272. The maximum absolute atomic E-state index is 10.3. The highest BCUT2D eigenvalue weighted by molar-refractivity contribution is 5.91. The fraction of sp³-hybridized carbons (Fsp3) is 0.222. The SMILES string of the molecule is C=CC(=O)O.COC(=O)/C=C\C(=O)OC. The Kier molecular flexibility index (Phi) is 10.2. The monoisotopic (exact) mass is 216 g/mol. The molecule has 0 aliphatic heterocycles. The summed E-state index contributed by atoms with van der Waals surface area (Å²) < 4.78 is 8.42. The van der Waals surface area contributed by atoms with Crippen LogP contribution in [-0.4, -0.2) is 37.2 Å². The molecule has 0 fully saturated rings. The van der Waals surface area contributed by atoms with Crippen LogP contribution in [0.25, 0.3) is 0 Å². The summed E-state index contributed by atoms with van der Waals surface area (Å²) >= 11 is 0.